The van der Waals surface area contributed by atoms with Crippen LogP contribution in [0.15, 0.2) is 41.8 Å². The lowest BCUT2D eigenvalue weighted by Gasteiger charge is -2.17. The molecule has 0 amide bonds. The van der Waals surface area contributed by atoms with Gasteiger partial charge in [0, 0.05) is 39.2 Å². The fraction of sp³-hybridized carbons (Fsp3) is 0.357. The van der Waals surface area contributed by atoms with Crippen molar-refractivity contribution in [1.29, 1.82) is 0 Å². The summed E-state index contributed by atoms with van der Waals surface area (Å²) in [6.45, 7) is 2.79. The van der Waals surface area contributed by atoms with E-state index in [1.54, 1.807) is 0 Å². The quantitative estimate of drug-likeness (QED) is 0.465. The summed E-state index contributed by atoms with van der Waals surface area (Å²) >= 11 is 0. The number of benzene rings is 1. The Hall–Kier alpha value is -2.17. The topological polar surface area (TPSA) is 56.9 Å². The summed E-state index contributed by atoms with van der Waals surface area (Å²) in [6.07, 6.45) is 3.86. The summed E-state index contributed by atoms with van der Waals surface area (Å²) in [5, 5.41) is 9.35. The molecule has 0 atom stereocenters. The van der Waals surface area contributed by atoms with Crippen LogP contribution in [-0.4, -0.2) is 38.3 Å². The van der Waals surface area contributed by atoms with Crippen LogP contribution in [0, 0.1) is 0 Å². The standard InChI is InChI=1S/C14H23N5/c1-12(11-18(3)10-9-16-2)17-19(4)14-7-5-13(15)6-8-14/h5-10,16H,11,15H2,1-4H3/b10-9-,17-12+. The van der Waals surface area contributed by atoms with Gasteiger partial charge in [-0.3, -0.25) is 5.01 Å². The first-order valence-corrected chi connectivity index (χ1v) is 6.20. The zero-order valence-corrected chi connectivity index (χ0v) is 12.1. The molecule has 0 radical (unpaired) electrons. The molecule has 0 aliphatic heterocycles. The van der Waals surface area contributed by atoms with E-state index in [0.29, 0.717) is 0 Å². The van der Waals surface area contributed by atoms with Gasteiger partial charge in [0.15, 0.2) is 0 Å². The number of nitrogen functional groups attached to an aromatic ring is 1. The van der Waals surface area contributed by atoms with Gasteiger partial charge in [-0.05, 0) is 31.2 Å². The molecule has 0 bridgehead atoms. The number of anilines is 2. The van der Waals surface area contributed by atoms with Crippen molar-refractivity contribution in [1.82, 2.24) is 10.2 Å². The minimum Gasteiger partial charge on any atom is -0.399 e. The first-order chi connectivity index (χ1) is 9.02. The Balaban J connectivity index is 2.62. The Morgan fingerprint density at radius 2 is 1.95 bits per heavy atom. The van der Waals surface area contributed by atoms with Crippen LogP contribution in [0.2, 0.25) is 0 Å². The second-order valence-electron chi connectivity index (χ2n) is 4.47. The van der Waals surface area contributed by atoms with Crippen LogP contribution < -0.4 is 16.1 Å². The molecule has 0 saturated carbocycles. The lowest BCUT2D eigenvalue weighted by molar-refractivity contribution is 0.519. The van der Waals surface area contributed by atoms with Crippen LogP contribution in [0.3, 0.4) is 0 Å². The van der Waals surface area contributed by atoms with Crippen LogP contribution in [-0.2, 0) is 0 Å². The first-order valence-electron chi connectivity index (χ1n) is 6.20. The van der Waals surface area contributed by atoms with E-state index in [9.17, 15) is 0 Å². The highest BCUT2D eigenvalue weighted by Gasteiger charge is 2.01. The highest BCUT2D eigenvalue weighted by Crippen LogP contribution is 2.14. The minimum absolute atomic E-state index is 0.759. The predicted octanol–water partition coefficient (Wildman–Crippen LogP) is 1.70. The average Bonchev–Trinajstić information content (AvgIpc) is 2.36. The number of hydrogen-bond acceptors (Lipinski definition) is 5. The second-order valence-corrected chi connectivity index (χ2v) is 4.47. The fourth-order valence-corrected chi connectivity index (χ4v) is 1.65. The van der Waals surface area contributed by atoms with E-state index in [1.165, 1.54) is 0 Å². The molecular weight excluding hydrogens is 238 g/mol. The number of nitrogens with zero attached hydrogens (tertiary/aromatic N) is 3. The largest absolute Gasteiger partial charge is 0.399 e. The Labute approximate surface area is 115 Å². The number of rotatable bonds is 6. The van der Waals surface area contributed by atoms with Crippen molar-refractivity contribution in [2.45, 2.75) is 6.92 Å². The highest BCUT2D eigenvalue weighted by molar-refractivity contribution is 5.84. The third-order valence-corrected chi connectivity index (χ3v) is 2.56. The van der Waals surface area contributed by atoms with Crippen molar-refractivity contribution in [3.63, 3.8) is 0 Å². The predicted molar refractivity (Wildman–Crippen MR) is 83.2 cm³/mol. The van der Waals surface area contributed by atoms with E-state index in [1.807, 2.05) is 69.7 Å². The molecular formula is C14H23N5. The van der Waals surface area contributed by atoms with E-state index in [-0.39, 0.29) is 0 Å². The summed E-state index contributed by atoms with van der Waals surface area (Å²) in [4.78, 5) is 2.06. The van der Waals surface area contributed by atoms with Gasteiger partial charge in [-0.2, -0.15) is 5.10 Å². The van der Waals surface area contributed by atoms with Crippen molar-refractivity contribution in [2.24, 2.45) is 5.10 Å². The Bertz CT molecular complexity index is 436. The Kier molecular flexibility index (Phi) is 5.73. The van der Waals surface area contributed by atoms with Gasteiger partial charge < -0.3 is 16.0 Å². The zero-order chi connectivity index (χ0) is 14.3. The van der Waals surface area contributed by atoms with Gasteiger partial charge >= 0.3 is 0 Å². The smallest absolute Gasteiger partial charge is 0.0592 e. The Morgan fingerprint density at radius 1 is 1.32 bits per heavy atom. The number of nitrogens with two attached hydrogens (primary N) is 1. The van der Waals surface area contributed by atoms with Gasteiger partial charge in [-0.1, -0.05) is 0 Å². The number of nitrogens with one attached hydrogen (secondary N) is 1. The van der Waals surface area contributed by atoms with Gasteiger partial charge in [0.05, 0.1) is 17.9 Å². The molecule has 5 nitrogen and oxygen atoms in total. The molecule has 3 N–H and O–H groups in total. The monoisotopic (exact) mass is 261 g/mol. The first kappa shape index (κ1) is 14.9. The molecule has 1 aromatic rings. The van der Waals surface area contributed by atoms with Crippen LogP contribution in [0.5, 0.6) is 0 Å². The van der Waals surface area contributed by atoms with E-state index in [0.717, 1.165) is 23.6 Å². The van der Waals surface area contributed by atoms with Crippen LogP contribution in [0.4, 0.5) is 11.4 Å². The van der Waals surface area contributed by atoms with E-state index >= 15 is 0 Å². The summed E-state index contributed by atoms with van der Waals surface area (Å²) in [7, 11) is 5.81. The summed E-state index contributed by atoms with van der Waals surface area (Å²) in [5.74, 6) is 0. The lowest BCUT2D eigenvalue weighted by Crippen LogP contribution is -2.22. The van der Waals surface area contributed by atoms with E-state index in [2.05, 4.69) is 15.3 Å². The molecule has 0 unspecified atom stereocenters. The highest BCUT2D eigenvalue weighted by atomic mass is 15.4. The van der Waals surface area contributed by atoms with Crippen molar-refractivity contribution < 1.29 is 0 Å². The van der Waals surface area contributed by atoms with Gasteiger partial charge in [-0.25, -0.2) is 0 Å². The van der Waals surface area contributed by atoms with E-state index in [4.69, 9.17) is 5.73 Å². The molecule has 0 aliphatic rings. The normalized spacial score (nSPS) is 11.7. The molecule has 0 heterocycles. The molecule has 1 rings (SSSR count). The fourth-order valence-electron chi connectivity index (χ4n) is 1.65. The third-order valence-electron chi connectivity index (χ3n) is 2.56. The number of hydrazone groups is 1. The molecule has 0 aromatic heterocycles. The third kappa shape index (κ3) is 5.33. The maximum absolute atomic E-state index is 5.67. The lowest BCUT2D eigenvalue weighted by atomic mass is 10.3. The maximum atomic E-state index is 5.67. The molecule has 19 heavy (non-hydrogen) atoms. The molecule has 0 saturated heterocycles. The molecule has 0 aliphatic carbocycles. The maximum Gasteiger partial charge on any atom is 0.0592 e. The molecule has 0 fully saturated rings. The van der Waals surface area contributed by atoms with E-state index < -0.39 is 0 Å². The Morgan fingerprint density at radius 3 is 2.53 bits per heavy atom. The zero-order valence-electron chi connectivity index (χ0n) is 12.1. The van der Waals surface area contributed by atoms with Crippen molar-refractivity contribution in [2.75, 3.05) is 38.4 Å². The van der Waals surface area contributed by atoms with Gasteiger partial charge in [0.25, 0.3) is 0 Å². The van der Waals surface area contributed by atoms with Gasteiger partial charge in [-0.15, -0.1) is 0 Å². The summed E-state index contributed by atoms with van der Waals surface area (Å²) in [6, 6.07) is 7.66. The van der Waals surface area contributed by atoms with Crippen molar-refractivity contribution in [3.05, 3.63) is 36.7 Å². The minimum atomic E-state index is 0.759. The van der Waals surface area contributed by atoms with Crippen LogP contribution >= 0.6 is 0 Å². The SMILES string of the molecule is CN/C=C\N(C)C/C(C)=N/N(C)c1ccc(N)cc1. The molecule has 5 heteroatoms. The average molecular weight is 261 g/mol. The second kappa shape index (κ2) is 7.31. The molecule has 1 aromatic carbocycles. The number of hydrogen-bond donors (Lipinski definition) is 2. The summed E-state index contributed by atoms with van der Waals surface area (Å²) < 4.78 is 0. The van der Waals surface area contributed by atoms with Crippen molar-refractivity contribution >= 4 is 17.1 Å². The van der Waals surface area contributed by atoms with Gasteiger partial charge in [0.2, 0.25) is 0 Å². The van der Waals surface area contributed by atoms with Crippen LogP contribution in [0.1, 0.15) is 6.92 Å². The van der Waals surface area contributed by atoms with Gasteiger partial charge in [0.1, 0.15) is 0 Å². The molecule has 0 spiro atoms. The molecule has 104 valence electrons. The van der Waals surface area contributed by atoms with Crippen molar-refractivity contribution in [3.8, 4) is 0 Å². The summed E-state index contributed by atoms with van der Waals surface area (Å²) in [5.41, 5.74) is 8.47. The van der Waals surface area contributed by atoms with Crippen LogP contribution in [0.25, 0.3) is 0 Å².